The molecule has 0 bridgehead atoms. The molecular weight excluding hydrogens is 447 g/mol. The van der Waals surface area contributed by atoms with Gasteiger partial charge in [-0.25, -0.2) is 4.79 Å². The molecule has 31 heavy (non-hydrogen) atoms. The second-order valence-corrected chi connectivity index (χ2v) is 7.02. The van der Waals surface area contributed by atoms with E-state index in [9.17, 15) is 19.2 Å². The summed E-state index contributed by atoms with van der Waals surface area (Å²) >= 11 is 11.8. The zero-order valence-corrected chi connectivity index (χ0v) is 18.1. The van der Waals surface area contributed by atoms with Crippen LogP contribution in [0.15, 0.2) is 42.5 Å². The lowest BCUT2D eigenvalue weighted by atomic mass is 10.2. The molecule has 2 amide bonds. The van der Waals surface area contributed by atoms with Gasteiger partial charge in [0, 0.05) is 17.1 Å². The van der Waals surface area contributed by atoms with E-state index in [2.05, 4.69) is 10.6 Å². The second kappa shape index (κ2) is 11.9. The number of amides is 2. The fourth-order valence-electron chi connectivity index (χ4n) is 2.34. The number of ether oxygens (including phenoxy) is 2. The van der Waals surface area contributed by atoms with E-state index in [0.717, 1.165) is 0 Å². The zero-order valence-electron chi connectivity index (χ0n) is 16.6. The minimum Gasteiger partial charge on any atom is -0.462 e. The van der Waals surface area contributed by atoms with Crippen molar-refractivity contribution in [3.05, 3.63) is 58.1 Å². The molecule has 0 aromatic heterocycles. The van der Waals surface area contributed by atoms with Crippen LogP contribution in [0.1, 0.15) is 30.1 Å². The molecule has 2 N–H and O–H groups in total. The second-order valence-electron chi connectivity index (χ2n) is 6.18. The fraction of sp³-hybridized carbons (Fsp3) is 0.238. The Morgan fingerprint density at radius 2 is 1.58 bits per heavy atom. The zero-order chi connectivity index (χ0) is 22.8. The summed E-state index contributed by atoms with van der Waals surface area (Å²) in [7, 11) is 0. The maximum absolute atomic E-state index is 11.9. The Bertz CT molecular complexity index is 963. The molecule has 0 aliphatic heterocycles. The standard InChI is InChI=1S/C21H20Cl2N2O6/c1-2-30-21(29)13-3-6-15(7-4-13)24-19(27)12-31-20(28)10-9-18(26)25-17-8-5-14(22)11-16(17)23/h3-8,11H,2,9-10,12H2,1H3,(H,24,27)(H,25,26). The van der Waals surface area contributed by atoms with Crippen LogP contribution in [0.5, 0.6) is 0 Å². The minimum absolute atomic E-state index is 0.144. The van der Waals surface area contributed by atoms with Crippen LogP contribution in [0.25, 0.3) is 0 Å². The van der Waals surface area contributed by atoms with E-state index in [1.807, 2.05) is 0 Å². The number of anilines is 2. The van der Waals surface area contributed by atoms with E-state index < -0.39 is 30.4 Å². The highest BCUT2D eigenvalue weighted by Crippen LogP contribution is 2.25. The van der Waals surface area contributed by atoms with E-state index in [1.54, 1.807) is 19.1 Å². The molecule has 0 aliphatic carbocycles. The lowest BCUT2D eigenvalue weighted by molar-refractivity contribution is -0.147. The molecule has 0 radical (unpaired) electrons. The first-order valence-corrected chi connectivity index (χ1v) is 10.0. The molecule has 0 spiro atoms. The molecule has 0 aliphatic rings. The normalized spacial score (nSPS) is 10.2. The molecule has 8 nitrogen and oxygen atoms in total. The van der Waals surface area contributed by atoms with Gasteiger partial charge in [0.2, 0.25) is 5.91 Å². The van der Waals surface area contributed by atoms with Crippen molar-refractivity contribution < 1.29 is 28.7 Å². The summed E-state index contributed by atoms with van der Waals surface area (Å²) in [4.78, 5) is 47.2. The molecule has 0 saturated carbocycles. The lowest BCUT2D eigenvalue weighted by Gasteiger charge is -2.09. The highest BCUT2D eigenvalue weighted by molar-refractivity contribution is 6.36. The van der Waals surface area contributed by atoms with E-state index in [-0.39, 0.29) is 24.5 Å². The minimum atomic E-state index is -0.704. The van der Waals surface area contributed by atoms with E-state index in [1.165, 1.54) is 30.3 Å². The summed E-state index contributed by atoms with van der Waals surface area (Å²) in [6, 6.07) is 10.7. The van der Waals surface area contributed by atoms with Gasteiger partial charge in [-0.05, 0) is 49.4 Å². The van der Waals surface area contributed by atoms with Gasteiger partial charge in [0.1, 0.15) is 0 Å². The Hall–Kier alpha value is -3.10. The topological polar surface area (TPSA) is 111 Å². The smallest absolute Gasteiger partial charge is 0.338 e. The lowest BCUT2D eigenvalue weighted by Crippen LogP contribution is -2.21. The molecule has 0 unspecified atom stereocenters. The van der Waals surface area contributed by atoms with Gasteiger partial charge >= 0.3 is 11.9 Å². The van der Waals surface area contributed by atoms with Crippen molar-refractivity contribution in [1.82, 2.24) is 0 Å². The van der Waals surface area contributed by atoms with Gasteiger partial charge in [-0.15, -0.1) is 0 Å². The third-order valence-electron chi connectivity index (χ3n) is 3.81. The largest absolute Gasteiger partial charge is 0.462 e. The number of hydrogen-bond donors (Lipinski definition) is 2. The number of benzene rings is 2. The number of esters is 2. The maximum atomic E-state index is 11.9. The van der Waals surface area contributed by atoms with Crippen LogP contribution in [0.2, 0.25) is 10.0 Å². The first kappa shape index (κ1) is 24.2. The average molecular weight is 467 g/mol. The Kier molecular flexibility index (Phi) is 9.30. The number of hydrogen-bond acceptors (Lipinski definition) is 6. The summed E-state index contributed by atoms with van der Waals surface area (Å²) in [5.74, 6) is -2.16. The van der Waals surface area contributed by atoms with E-state index in [4.69, 9.17) is 32.7 Å². The highest BCUT2D eigenvalue weighted by Gasteiger charge is 2.13. The third-order valence-corrected chi connectivity index (χ3v) is 4.35. The number of rotatable bonds is 9. The Morgan fingerprint density at radius 3 is 2.23 bits per heavy atom. The summed E-state index contributed by atoms with van der Waals surface area (Å²) in [5, 5.41) is 5.80. The molecule has 2 rings (SSSR count). The van der Waals surface area contributed by atoms with Crippen molar-refractivity contribution in [1.29, 1.82) is 0 Å². The molecular formula is C21H20Cl2N2O6. The summed E-state index contributed by atoms with van der Waals surface area (Å²) in [6.45, 7) is 1.46. The molecule has 0 fully saturated rings. The van der Waals surface area contributed by atoms with Gasteiger partial charge in [0.25, 0.3) is 5.91 Å². The number of nitrogens with one attached hydrogen (secondary N) is 2. The van der Waals surface area contributed by atoms with Crippen LogP contribution in [0.4, 0.5) is 11.4 Å². The molecule has 0 saturated heterocycles. The molecule has 2 aromatic carbocycles. The van der Waals surface area contributed by atoms with Crippen molar-refractivity contribution in [3.63, 3.8) is 0 Å². The van der Waals surface area contributed by atoms with Crippen molar-refractivity contribution in [2.24, 2.45) is 0 Å². The number of carbonyl (C=O) groups excluding carboxylic acids is 4. The Labute approximate surface area is 188 Å². The average Bonchev–Trinajstić information content (AvgIpc) is 2.73. The van der Waals surface area contributed by atoms with Crippen molar-refractivity contribution in [2.75, 3.05) is 23.8 Å². The number of halogens is 2. The van der Waals surface area contributed by atoms with Gasteiger partial charge in [-0.3, -0.25) is 14.4 Å². The van der Waals surface area contributed by atoms with Gasteiger partial charge in [-0.1, -0.05) is 23.2 Å². The van der Waals surface area contributed by atoms with Crippen LogP contribution < -0.4 is 10.6 Å². The third kappa shape index (κ3) is 8.27. The van der Waals surface area contributed by atoms with Crippen LogP contribution >= 0.6 is 23.2 Å². The summed E-state index contributed by atoms with van der Waals surface area (Å²) in [5.41, 5.74) is 1.15. The van der Waals surface area contributed by atoms with Crippen LogP contribution in [0.3, 0.4) is 0 Å². The molecule has 2 aromatic rings. The maximum Gasteiger partial charge on any atom is 0.338 e. The Morgan fingerprint density at radius 1 is 0.871 bits per heavy atom. The highest BCUT2D eigenvalue weighted by atomic mass is 35.5. The van der Waals surface area contributed by atoms with Crippen molar-refractivity contribution >= 4 is 58.3 Å². The van der Waals surface area contributed by atoms with Gasteiger partial charge in [0.05, 0.1) is 29.3 Å². The summed E-state index contributed by atoms with van der Waals surface area (Å²) in [6.07, 6.45) is -0.354. The van der Waals surface area contributed by atoms with E-state index >= 15 is 0 Å². The molecule has 164 valence electrons. The van der Waals surface area contributed by atoms with Crippen molar-refractivity contribution in [2.45, 2.75) is 19.8 Å². The first-order valence-electron chi connectivity index (χ1n) is 9.26. The number of carbonyl (C=O) groups is 4. The van der Waals surface area contributed by atoms with Gasteiger partial charge in [0.15, 0.2) is 6.61 Å². The predicted octanol–water partition coefficient (Wildman–Crippen LogP) is 4.07. The quantitative estimate of drug-likeness (QED) is 0.538. The van der Waals surface area contributed by atoms with Crippen LogP contribution in [-0.4, -0.2) is 37.0 Å². The Balaban J connectivity index is 1.71. The first-order chi connectivity index (χ1) is 14.8. The predicted molar refractivity (Wildman–Crippen MR) is 116 cm³/mol. The van der Waals surface area contributed by atoms with Gasteiger partial charge in [-0.2, -0.15) is 0 Å². The van der Waals surface area contributed by atoms with Crippen LogP contribution in [0, 0.1) is 0 Å². The van der Waals surface area contributed by atoms with Crippen LogP contribution in [-0.2, 0) is 23.9 Å². The molecule has 10 heteroatoms. The fourth-order valence-corrected chi connectivity index (χ4v) is 2.79. The molecule has 0 heterocycles. The van der Waals surface area contributed by atoms with Gasteiger partial charge < -0.3 is 20.1 Å². The van der Waals surface area contributed by atoms with Crippen molar-refractivity contribution in [3.8, 4) is 0 Å². The SMILES string of the molecule is CCOC(=O)c1ccc(NC(=O)COC(=O)CCC(=O)Nc2ccc(Cl)cc2Cl)cc1. The van der Waals surface area contributed by atoms with E-state index in [0.29, 0.717) is 22.0 Å². The molecule has 0 atom stereocenters. The monoisotopic (exact) mass is 466 g/mol. The summed E-state index contributed by atoms with van der Waals surface area (Å²) < 4.78 is 9.73.